The van der Waals surface area contributed by atoms with Gasteiger partial charge >= 0.3 is 35.5 Å². The molecule has 0 unspecified atom stereocenters. The average molecular weight is 264 g/mol. The van der Waals surface area contributed by atoms with Crippen LogP contribution in [0.3, 0.4) is 0 Å². The molecule has 0 radical (unpaired) electrons. The maximum atomic E-state index is 11.6. The Bertz CT molecular complexity index is 496. The van der Waals surface area contributed by atoms with Crippen LogP contribution in [0.2, 0.25) is 0 Å². The number of benzene rings is 1. The van der Waals surface area contributed by atoms with Crippen molar-refractivity contribution in [2.24, 2.45) is 0 Å². The third kappa shape index (κ3) is 5.04. The van der Waals surface area contributed by atoms with Crippen LogP contribution < -0.4 is 29.6 Å². The molecular weight excluding hydrogens is 251 g/mol. The first-order valence-electron chi connectivity index (χ1n) is 4.63. The predicted molar refractivity (Wildman–Crippen MR) is 62.0 cm³/mol. The molecule has 1 aromatic carbocycles. The van der Waals surface area contributed by atoms with E-state index in [9.17, 15) is 13.2 Å². The Hall–Kier alpha value is -0.620. The van der Waals surface area contributed by atoms with Crippen molar-refractivity contribution in [3.63, 3.8) is 0 Å². The van der Waals surface area contributed by atoms with Gasteiger partial charge in [0.05, 0.1) is 17.1 Å². The summed E-state index contributed by atoms with van der Waals surface area (Å²) in [5.74, 6) is -1.50. The summed E-state index contributed by atoms with van der Waals surface area (Å²) in [5.41, 5.74) is 0.817. The van der Waals surface area contributed by atoms with Crippen LogP contribution in [0, 0.1) is 0 Å². The predicted octanol–water partition coefficient (Wildman–Crippen LogP) is -1.31. The van der Waals surface area contributed by atoms with E-state index < -0.39 is 15.8 Å². The van der Waals surface area contributed by atoms with Crippen LogP contribution in [-0.4, -0.2) is 25.2 Å². The molecule has 0 aliphatic heterocycles. The number of sulfone groups is 1. The van der Waals surface area contributed by atoms with Gasteiger partial charge in [0.25, 0.3) is 0 Å². The van der Waals surface area contributed by atoms with Crippen LogP contribution >= 0.6 is 0 Å². The third-order valence-electron chi connectivity index (χ3n) is 2.06. The van der Waals surface area contributed by atoms with E-state index in [0.29, 0.717) is 0 Å². The number of aliphatic carboxylic acids is 1. The molecule has 0 spiro atoms. The summed E-state index contributed by atoms with van der Waals surface area (Å²) in [6.07, 6.45) is 1.22. The molecule has 0 aliphatic rings. The molecular formula is C11H13NaO4S. The largest absolute Gasteiger partial charge is 1.00 e. The van der Waals surface area contributed by atoms with E-state index in [0.717, 1.165) is 5.56 Å². The maximum absolute atomic E-state index is 11.6. The van der Waals surface area contributed by atoms with Gasteiger partial charge in [-0.1, -0.05) is 24.8 Å². The minimum atomic E-state index is -3.50. The summed E-state index contributed by atoms with van der Waals surface area (Å²) in [4.78, 5) is 10.4. The SMILES string of the molecule is C=Cc1ccc(S(=O)(=O)CCC(=O)O)cc1.[H-].[Na+]. The number of rotatable bonds is 5. The van der Waals surface area contributed by atoms with Crippen LogP contribution in [0.5, 0.6) is 0 Å². The second kappa shape index (κ2) is 6.96. The van der Waals surface area contributed by atoms with Crippen LogP contribution in [0.1, 0.15) is 13.4 Å². The number of carboxylic acids is 1. The minimum Gasteiger partial charge on any atom is -1.00 e. The minimum absolute atomic E-state index is 0. The van der Waals surface area contributed by atoms with Crippen molar-refractivity contribution in [1.29, 1.82) is 0 Å². The molecule has 17 heavy (non-hydrogen) atoms. The maximum Gasteiger partial charge on any atom is 1.00 e. The van der Waals surface area contributed by atoms with Crippen molar-refractivity contribution < 1.29 is 49.3 Å². The fourth-order valence-corrected chi connectivity index (χ4v) is 2.38. The third-order valence-corrected chi connectivity index (χ3v) is 3.79. The van der Waals surface area contributed by atoms with Crippen LogP contribution in [0.25, 0.3) is 6.08 Å². The van der Waals surface area contributed by atoms with E-state index in [4.69, 9.17) is 5.11 Å². The van der Waals surface area contributed by atoms with Crippen LogP contribution in [0.15, 0.2) is 35.7 Å². The van der Waals surface area contributed by atoms with Crippen molar-refractivity contribution in [2.75, 3.05) is 5.75 Å². The van der Waals surface area contributed by atoms with Crippen molar-refractivity contribution in [2.45, 2.75) is 11.3 Å². The fourth-order valence-electron chi connectivity index (χ4n) is 1.15. The Morgan fingerprint density at radius 1 is 1.35 bits per heavy atom. The summed E-state index contributed by atoms with van der Waals surface area (Å²) < 4.78 is 23.3. The van der Waals surface area contributed by atoms with Gasteiger partial charge in [-0.05, 0) is 17.7 Å². The van der Waals surface area contributed by atoms with Gasteiger partial charge in [-0.3, -0.25) is 4.79 Å². The fraction of sp³-hybridized carbons (Fsp3) is 0.182. The summed E-state index contributed by atoms with van der Waals surface area (Å²) in [5, 5.41) is 8.43. The van der Waals surface area contributed by atoms with Gasteiger partial charge < -0.3 is 6.53 Å². The Morgan fingerprint density at radius 2 is 1.88 bits per heavy atom. The molecule has 0 bridgehead atoms. The van der Waals surface area contributed by atoms with Gasteiger partial charge in [0, 0.05) is 0 Å². The van der Waals surface area contributed by atoms with E-state index in [1.54, 1.807) is 18.2 Å². The van der Waals surface area contributed by atoms with Crippen molar-refractivity contribution >= 4 is 21.9 Å². The molecule has 0 aromatic heterocycles. The molecule has 1 N–H and O–H groups in total. The van der Waals surface area contributed by atoms with Crippen molar-refractivity contribution in [3.8, 4) is 0 Å². The van der Waals surface area contributed by atoms with Gasteiger partial charge in [-0.15, -0.1) is 0 Å². The summed E-state index contributed by atoms with van der Waals surface area (Å²) >= 11 is 0. The molecule has 0 amide bonds. The van der Waals surface area contributed by atoms with Crippen LogP contribution in [-0.2, 0) is 14.6 Å². The smallest absolute Gasteiger partial charge is 1.00 e. The standard InChI is InChI=1S/C11H12O4S.Na.H/c1-2-9-3-5-10(6-4-9)16(14,15)8-7-11(12)13;;/h2-6H,1,7-8H2,(H,12,13);;/q;+1;-1. The Kier molecular flexibility index (Phi) is 6.70. The molecule has 1 aromatic rings. The molecule has 1 rings (SSSR count). The van der Waals surface area contributed by atoms with E-state index >= 15 is 0 Å². The monoisotopic (exact) mass is 264 g/mol. The quantitative estimate of drug-likeness (QED) is 0.671. The molecule has 0 aliphatic carbocycles. The van der Waals surface area contributed by atoms with Crippen LogP contribution in [0.4, 0.5) is 0 Å². The zero-order valence-corrected chi connectivity index (χ0v) is 12.4. The van der Waals surface area contributed by atoms with Crippen molar-refractivity contribution in [1.82, 2.24) is 0 Å². The summed E-state index contributed by atoms with van der Waals surface area (Å²) in [6, 6.07) is 6.16. The van der Waals surface area contributed by atoms with Gasteiger partial charge in [0.2, 0.25) is 0 Å². The van der Waals surface area contributed by atoms with E-state index in [2.05, 4.69) is 6.58 Å². The molecule has 0 atom stereocenters. The Balaban J connectivity index is 0. The average Bonchev–Trinajstić information content (AvgIpc) is 2.27. The van der Waals surface area contributed by atoms with E-state index in [1.165, 1.54) is 12.1 Å². The van der Waals surface area contributed by atoms with Crippen molar-refractivity contribution in [3.05, 3.63) is 36.4 Å². The summed E-state index contributed by atoms with van der Waals surface area (Å²) in [7, 11) is -3.50. The molecule has 0 saturated heterocycles. The van der Waals surface area contributed by atoms with E-state index in [-0.39, 0.29) is 48.1 Å². The van der Waals surface area contributed by atoms with Gasteiger partial charge in [0.1, 0.15) is 0 Å². The first-order valence-corrected chi connectivity index (χ1v) is 6.28. The topological polar surface area (TPSA) is 71.4 Å². The molecule has 0 fully saturated rings. The first-order chi connectivity index (χ1) is 7.45. The normalized spacial score (nSPS) is 10.4. The zero-order valence-electron chi connectivity index (χ0n) is 10.6. The first kappa shape index (κ1) is 16.4. The summed E-state index contributed by atoms with van der Waals surface area (Å²) in [6.45, 7) is 3.56. The Morgan fingerprint density at radius 3 is 2.29 bits per heavy atom. The van der Waals surface area contributed by atoms with Gasteiger partial charge in [-0.25, -0.2) is 8.42 Å². The molecule has 0 saturated carbocycles. The molecule has 88 valence electrons. The second-order valence-electron chi connectivity index (χ2n) is 3.24. The number of carbonyl (C=O) groups is 1. The second-order valence-corrected chi connectivity index (χ2v) is 5.34. The molecule has 6 heteroatoms. The molecule has 4 nitrogen and oxygen atoms in total. The van der Waals surface area contributed by atoms with E-state index in [1.807, 2.05) is 0 Å². The Labute approximate surface area is 124 Å². The van der Waals surface area contributed by atoms with Gasteiger partial charge in [0.15, 0.2) is 9.84 Å². The van der Waals surface area contributed by atoms with Gasteiger partial charge in [-0.2, -0.15) is 0 Å². The number of hydrogen-bond donors (Lipinski definition) is 1. The number of hydrogen-bond acceptors (Lipinski definition) is 3. The number of carboxylic acid groups (broad SMARTS) is 1. The zero-order chi connectivity index (χ0) is 12.2. The molecule has 0 heterocycles.